The molecule has 6 nitrogen and oxygen atoms in total. The Morgan fingerprint density at radius 1 is 1.05 bits per heavy atom. The molecule has 0 bridgehead atoms. The number of aryl methyl sites for hydroxylation is 1. The van der Waals surface area contributed by atoms with Crippen LogP contribution in [-0.2, 0) is 6.54 Å². The van der Waals surface area contributed by atoms with Crippen LogP contribution in [0.25, 0.3) is 0 Å². The van der Waals surface area contributed by atoms with Gasteiger partial charge in [0.05, 0.1) is 0 Å². The number of guanidine groups is 1. The summed E-state index contributed by atoms with van der Waals surface area (Å²) in [5, 5.41) is 10.4. The minimum atomic E-state index is 0.434. The SMILES string of the molecule is CCCCCCCCCNC(=NCc1noc(C)n1)NCC. The third-order valence-electron chi connectivity index (χ3n) is 3.37. The lowest BCUT2D eigenvalue weighted by Crippen LogP contribution is -2.37. The average molecular weight is 309 g/mol. The van der Waals surface area contributed by atoms with Crippen LogP contribution in [0, 0.1) is 6.92 Å². The number of nitrogens with one attached hydrogen (secondary N) is 2. The lowest BCUT2D eigenvalue weighted by molar-refractivity contribution is 0.387. The monoisotopic (exact) mass is 309 g/mol. The highest BCUT2D eigenvalue weighted by Crippen LogP contribution is 2.06. The Kier molecular flexibility index (Phi) is 10.1. The number of aliphatic imine (C=N–C) groups is 1. The van der Waals surface area contributed by atoms with E-state index in [-0.39, 0.29) is 0 Å². The summed E-state index contributed by atoms with van der Waals surface area (Å²) in [4.78, 5) is 8.61. The second kappa shape index (κ2) is 12.0. The maximum Gasteiger partial charge on any atom is 0.223 e. The van der Waals surface area contributed by atoms with Gasteiger partial charge in [-0.2, -0.15) is 4.98 Å². The fourth-order valence-electron chi connectivity index (χ4n) is 2.19. The van der Waals surface area contributed by atoms with Crippen LogP contribution in [0.15, 0.2) is 9.52 Å². The van der Waals surface area contributed by atoms with E-state index in [1.165, 1.54) is 44.9 Å². The van der Waals surface area contributed by atoms with E-state index in [0.717, 1.165) is 19.0 Å². The fraction of sp³-hybridized carbons (Fsp3) is 0.812. The molecule has 0 saturated carbocycles. The molecule has 1 aromatic rings. The molecule has 0 aliphatic carbocycles. The largest absolute Gasteiger partial charge is 0.357 e. The molecule has 0 aliphatic heterocycles. The first kappa shape index (κ1) is 18.5. The molecule has 0 aliphatic rings. The van der Waals surface area contributed by atoms with Crippen molar-refractivity contribution in [1.82, 2.24) is 20.8 Å². The first-order valence-corrected chi connectivity index (χ1v) is 8.57. The van der Waals surface area contributed by atoms with Crippen molar-refractivity contribution >= 4 is 5.96 Å². The van der Waals surface area contributed by atoms with Gasteiger partial charge in [0.15, 0.2) is 11.8 Å². The maximum atomic E-state index is 4.94. The first-order valence-electron chi connectivity index (χ1n) is 8.57. The molecule has 0 aromatic carbocycles. The van der Waals surface area contributed by atoms with Crippen LogP contribution >= 0.6 is 0 Å². The highest BCUT2D eigenvalue weighted by atomic mass is 16.5. The Morgan fingerprint density at radius 2 is 1.77 bits per heavy atom. The molecule has 6 heteroatoms. The van der Waals surface area contributed by atoms with E-state index in [9.17, 15) is 0 Å². The summed E-state index contributed by atoms with van der Waals surface area (Å²) in [5.41, 5.74) is 0. The lowest BCUT2D eigenvalue weighted by atomic mass is 10.1. The summed E-state index contributed by atoms with van der Waals surface area (Å²) in [6, 6.07) is 0. The van der Waals surface area contributed by atoms with Crippen LogP contribution in [0.1, 0.15) is 70.5 Å². The van der Waals surface area contributed by atoms with Crippen LogP contribution < -0.4 is 10.6 Å². The quantitative estimate of drug-likeness (QED) is 0.373. The van der Waals surface area contributed by atoms with Gasteiger partial charge in [-0.1, -0.05) is 50.6 Å². The highest BCUT2D eigenvalue weighted by molar-refractivity contribution is 5.79. The molecule has 0 fully saturated rings. The minimum Gasteiger partial charge on any atom is -0.357 e. The Hall–Kier alpha value is -1.59. The summed E-state index contributed by atoms with van der Waals surface area (Å²) in [5.74, 6) is 2.01. The van der Waals surface area contributed by atoms with Gasteiger partial charge in [0.2, 0.25) is 5.89 Å². The number of aromatic nitrogens is 2. The molecule has 0 radical (unpaired) electrons. The van der Waals surface area contributed by atoms with Crippen molar-refractivity contribution in [1.29, 1.82) is 0 Å². The van der Waals surface area contributed by atoms with E-state index in [1.807, 2.05) is 0 Å². The van der Waals surface area contributed by atoms with Gasteiger partial charge in [-0.25, -0.2) is 4.99 Å². The van der Waals surface area contributed by atoms with Crippen molar-refractivity contribution < 1.29 is 4.52 Å². The number of unbranched alkanes of at least 4 members (excludes halogenated alkanes) is 6. The van der Waals surface area contributed by atoms with Crippen molar-refractivity contribution in [2.45, 2.75) is 72.3 Å². The van der Waals surface area contributed by atoms with Gasteiger partial charge in [-0.05, 0) is 13.3 Å². The predicted octanol–water partition coefficient (Wildman–Crippen LogP) is 3.18. The summed E-state index contributed by atoms with van der Waals surface area (Å²) in [6.45, 7) is 8.32. The van der Waals surface area contributed by atoms with Crippen LogP contribution in [-0.4, -0.2) is 29.2 Å². The molecule has 0 amide bonds. The summed E-state index contributed by atoms with van der Waals surface area (Å²) >= 11 is 0. The van der Waals surface area contributed by atoms with Gasteiger partial charge in [-0.3, -0.25) is 0 Å². The van der Waals surface area contributed by atoms with E-state index in [1.54, 1.807) is 6.92 Å². The average Bonchev–Trinajstić information content (AvgIpc) is 2.93. The molecular formula is C16H31N5O. The van der Waals surface area contributed by atoms with Gasteiger partial charge in [0, 0.05) is 20.0 Å². The normalized spacial score (nSPS) is 11.7. The molecule has 1 aromatic heterocycles. The Labute approximate surface area is 134 Å². The first-order chi connectivity index (χ1) is 10.8. The van der Waals surface area contributed by atoms with Gasteiger partial charge < -0.3 is 15.2 Å². The van der Waals surface area contributed by atoms with Gasteiger partial charge in [0.1, 0.15) is 6.54 Å². The molecule has 1 heterocycles. The summed E-state index contributed by atoms with van der Waals surface area (Å²) in [6.07, 6.45) is 9.20. The summed E-state index contributed by atoms with van der Waals surface area (Å²) < 4.78 is 4.94. The number of hydrogen-bond acceptors (Lipinski definition) is 4. The Balaban J connectivity index is 2.17. The predicted molar refractivity (Wildman–Crippen MR) is 89.8 cm³/mol. The topological polar surface area (TPSA) is 75.3 Å². The smallest absolute Gasteiger partial charge is 0.223 e. The van der Waals surface area contributed by atoms with E-state index in [4.69, 9.17) is 4.52 Å². The van der Waals surface area contributed by atoms with Gasteiger partial charge >= 0.3 is 0 Å². The standard InChI is InChI=1S/C16H31N5O/c1-4-6-7-8-9-10-11-12-18-16(17-5-2)19-13-15-20-14(3)22-21-15/h4-13H2,1-3H3,(H2,17,18,19). The van der Waals surface area contributed by atoms with Crippen molar-refractivity contribution in [3.05, 3.63) is 11.7 Å². The molecule has 0 saturated heterocycles. The lowest BCUT2D eigenvalue weighted by Gasteiger charge is -2.10. The van der Waals surface area contributed by atoms with E-state index in [0.29, 0.717) is 18.3 Å². The van der Waals surface area contributed by atoms with Gasteiger partial charge in [-0.15, -0.1) is 0 Å². The van der Waals surface area contributed by atoms with Crippen LogP contribution in [0.4, 0.5) is 0 Å². The molecule has 1 rings (SSSR count). The zero-order valence-electron chi connectivity index (χ0n) is 14.3. The van der Waals surface area contributed by atoms with Crippen molar-refractivity contribution in [2.75, 3.05) is 13.1 Å². The summed E-state index contributed by atoms with van der Waals surface area (Å²) in [7, 11) is 0. The van der Waals surface area contributed by atoms with E-state index in [2.05, 4.69) is 39.6 Å². The molecule has 0 atom stereocenters. The van der Waals surface area contributed by atoms with Crippen molar-refractivity contribution in [3.8, 4) is 0 Å². The molecule has 0 spiro atoms. The zero-order chi connectivity index (χ0) is 16.0. The van der Waals surface area contributed by atoms with Crippen molar-refractivity contribution in [3.63, 3.8) is 0 Å². The Morgan fingerprint density at radius 3 is 2.41 bits per heavy atom. The fourth-order valence-corrected chi connectivity index (χ4v) is 2.19. The minimum absolute atomic E-state index is 0.434. The molecule has 2 N–H and O–H groups in total. The maximum absolute atomic E-state index is 4.94. The third-order valence-corrected chi connectivity index (χ3v) is 3.37. The molecule has 126 valence electrons. The second-order valence-corrected chi connectivity index (χ2v) is 5.47. The molecule has 22 heavy (non-hydrogen) atoms. The third kappa shape index (κ3) is 8.64. The van der Waals surface area contributed by atoms with Crippen molar-refractivity contribution in [2.24, 2.45) is 4.99 Å². The van der Waals surface area contributed by atoms with Crippen LogP contribution in [0.3, 0.4) is 0 Å². The highest BCUT2D eigenvalue weighted by Gasteiger charge is 2.02. The van der Waals surface area contributed by atoms with E-state index >= 15 is 0 Å². The zero-order valence-corrected chi connectivity index (χ0v) is 14.3. The Bertz CT molecular complexity index is 416. The molecule has 0 unspecified atom stereocenters. The van der Waals surface area contributed by atoms with Gasteiger partial charge in [0.25, 0.3) is 0 Å². The number of hydrogen-bond donors (Lipinski definition) is 2. The van der Waals surface area contributed by atoms with Crippen LogP contribution in [0.2, 0.25) is 0 Å². The van der Waals surface area contributed by atoms with Crippen LogP contribution in [0.5, 0.6) is 0 Å². The second-order valence-electron chi connectivity index (χ2n) is 5.47. The molecular weight excluding hydrogens is 278 g/mol. The van der Waals surface area contributed by atoms with E-state index < -0.39 is 0 Å². The number of rotatable bonds is 11. The number of nitrogens with zero attached hydrogens (tertiary/aromatic N) is 3.